The van der Waals surface area contributed by atoms with Gasteiger partial charge in [0.1, 0.15) is 11.4 Å². The molecule has 0 unspecified atom stereocenters. The first-order valence-corrected chi connectivity index (χ1v) is 3.93. The van der Waals surface area contributed by atoms with Crippen LogP contribution in [0.1, 0.15) is 5.56 Å². The predicted molar refractivity (Wildman–Crippen MR) is 53.2 cm³/mol. The zero-order valence-corrected chi connectivity index (χ0v) is 7.53. The highest BCUT2D eigenvalue weighted by Crippen LogP contribution is 2.30. The number of benzene rings is 1. The molecule has 1 aromatic carbocycles. The van der Waals surface area contributed by atoms with E-state index in [2.05, 4.69) is 4.99 Å². The number of hydrogen-bond donors (Lipinski definition) is 2. The number of para-hydroxylation sites is 1. The van der Waals surface area contributed by atoms with Gasteiger partial charge in [-0.25, -0.2) is 4.99 Å². The smallest absolute Gasteiger partial charge is 0.144 e. The molecule has 0 saturated heterocycles. The third-order valence-corrected chi connectivity index (χ3v) is 1.73. The van der Waals surface area contributed by atoms with Crippen LogP contribution in [0, 0.1) is 0 Å². The van der Waals surface area contributed by atoms with Crippen LogP contribution in [0.5, 0.6) is 5.75 Å². The summed E-state index contributed by atoms with van der Waals surface area (Å²) in [5.74, 6) is 0.685. The topological polar surface area (TPSA) is 73.6 Å². The van der Waals surface area contributed by atoms with Gasteiger partial charge in [0.15, 0.2) is 0 Å². The third kappa shape index (κ3) is 1.97. The highest BCUT2D eigenvalue weighted by atomic mass is 16.5. The summed E-state index contributed by atoms with van der Waals surface area (Å²) in [5, 5.41) is 0. The lowest BCUT2D eigenvalue weighted by molar-refractivity contribution is 0.416. The average Bonchev–Trinajstić information content (AvgIpc) is 2.18. The largest absolute Gasteiger partial charge is 0.494 e. The van der Waals surface area contributed by atoms with Gasteiger partial charge in [-0.15, -0.1) is 0 Å². The molecule has 1 aromatic rings. The average molecular weight is 179 g/mol. The van der Waals surface area contributed by atoms with E-state index < -0.39 is 0 Å². The monoisotopic (exact) mass is 179 g/mol. The number of nitrogens with zero attached hydrogens (tertiary/aromatic N) is 1. The van der Waals surface area contributed by atoms with E-state index in [0.29, 0.717) is 18.0 Å². The van der Waals surface area contributed by atoms with E-state index in [4.69, 9.17) is 16.2 Å². The molecule has 0 aromatic heterocycles. The van der Waals surface area contributed by atoms with Crippen molar-refractivity contribution < 1.29 is 4.74 Å². The molecule has 0 aliphatic carbocycles. The first kappa shape index (κ1) is 9.54. The molecule has 4 nitrogen and oxygen atoms in total. The van der Waals surface area contributed by atoms with E-state index in [-0.39, 0.29) is 0 Å². The number of hydrogen-bond acceptors (Lipinski definition) is 3. The van der Waals surface area contributed by atoms with Crippen LogP contribution in [0.4, 0.5) is 5.69 Å². The minimum atomic E-state index is 0.421. The van der Waals surface area contributed by atoms with Gasteiger partial charge in [0.05, 0.1) is 13.4 Å². The molecule has 70 valence electrons. The van der Waals surface area contributed by atoms with Gasteiger partial charge in [0.2, 0.25) is 0 Å². The number of methoxy groups -OCH3 is 1. The predicted octanol–water partition coefficient (Wildman–Crippen LogP) is 0.772. The highest BCUT2D eigenvalue weighted by molar-refractivity contribution is 5.66. The van der Waals surface area contributed by atoms with Crippen LogP contribution in [-0.4, -0.2) is 13.4 Å². The number of rotatable bonds is 3. The fourth-order valence-electron chi connectivity index (χ4n) is 1.12. The van der Waals surface area contributed by atoms with E-state index in [0.717, 1.165) is 5.56 Å². The summed E-state index contributed by atoms with van der Waals surface area (Å²) in [5.41, 5.74) is 12.4. The van der Waals surface area contributed by atoms with Gasteiger partial charge >= 0.3 is 0 Å². The first-order valence-electron chi connectivity index (χ1n) is 3.93. The molecule has 4 N–H and O–H groups in total. The van der Waals surface area contributed by atoms with Gasteiger partial charge in [0, 0.05) is 6.54 Å². The molecule has 13 heavy (non-hydrogen) atoms. The van der Waals surface area contributed by atoms with Crippen LogP contribution < -0.4 is 16.2 Å². The Morgan fingerprint density at radius 3 is 2.85 bits per heavy atom. The lowest BCUT2D eigenvalue weighted by Gasteiger charge is -2.07. The van der Waals surface area contributed by atoms with Gasteiger partial charge in [-0.2, -0.15) is 0 Å². The molecule has 0 spiro atoms. The lowest BCUT2D eigenvalue weighted by atomic mass is 10.1. The second-order valence-corrected chi connectivity index (χ2v) is 2.45. The summed E-state index contributed by atoms with van der Waals surface area (Å²) in [6.07, 6.45) is 1.23. The van der Waals surface area contributed by atoms with Crippen LogP contribution in [0.15, 0.2) is 23.2 Å². The van der Waals surface area contributed by atoms with Crippen molar-refractivity contribution in [2.45, 2.75) is 6.54 Å². The number of aliphatic imine (C=N–C) groups is 1. The second-order valence-electron chi connectivity index (χ2n) is 2.45. The molecule has 4 heteroatoms. The highest BCUT2D eigenvalue weighted by Gasteiger charge is 2.04. The van der Waals surface area contributed by atoms with Gasteiger partial charge in [-0.3, -0.25) is 0 Å². The molecule has 0 heterocycles. The van der Waals surface area contributed by atoms with Crippen molar-refractivity contribution in [3.8, 4) is 5.75 Å². The third-order valence-electron chi connectivity index (χ3n) is 1.73. The quantitative estimate of drug-likeness (QED) is 0.531. The Bertz CT molecular complexity index is 287. The zero-order chi connectivity index (χ0) is 9.68. The molecule has 0 fully saturated rings. The second kappa shape index (κ2) is 4.47. The molecule has 0 atom stereocenters. The van der Waals surface area contributed by atoms with Crippen molar-refractivity contribution in [3.63, 3.8) is 0 Å². The summed E-state index contributed by atoms with van der Waals surface area (Å²) in [4.78, 5) is 4.00. The summed E-state index contributed by atoms with van der Waals surface area (Å²) in [7, 11) is 1.59. The Morgan fingerprint density at radius 1 is 1.54 bits per heavy atom. The van der Waals surface area contributed by atoms with Crippen LogP contribution in [-0.2, 0) is 6.54 Å². The van der Waals surface area contributed by atoms with Gasteiger partial charge < -0.3 is 16.2 Å². The molecule has 0 radical (unpaired) electrons. The zero-order valence-electron chi connectivity index (χ0n) is 7.53. The molecular formula is C9H13N3O. The minimum Gasteiger partial charge on any atom is -0.494 e. The normalized spacial score (nSPS) is 10.6. The Balaban J connectivity index is 3.21. The molecule has 0 bridgehead atoms. The van der Waals surface area contributed by atoms with E-state index in [9.17, 15) is 0 Å². The molecule has 0 aliphatic rings. The SMILES string of the molecule is COc1cccc(CN)c1N=CN. The van der Waals surface area contributed by atoms with Gasteiger partial charge in [0.25, 0.3) is 0 Å². The first-order chi connectivity index (χ1) is 6.33. The van der Waals surface area contributed by atoms with E-state index in [1.807, 2.05) is 18.2 Å². The van der Waals surface area contributed by atoms with Crippen molar-refractivity contribution in [3.05, 3.63) is 23.8 Å². The van der Waals surface area contributed by atoms with E-state index >= 15 is 0 Å². The Kier molecular flexibility index (Phi) is 3.28. The standard InChI is InChI=1S/C9H13N3O/c1-13-8-4-2-3-7(5-10)9(8)12-6-11/h2-4,6H,5,10H2,1H3,(H2,11,12). The Hall–Kier alpha value is -1.55. The fourth-order valence-corrected chi connectivity index (χ4v) is 1.12. The Morgan fingerprint density at radius 2 is 2.31 bits per heavy atom. The summed E-state index contributed by atoms with van der Waals surface area (Å²) < 4.78 is 5.12. The van der Waals surface area contributed by atoms with Crippen LogP contribution in [0.25, 0.3) is 0 Å². The van der Waals surface area contributed by atoms with Gasteiger partial charge in [-0.1, -0.05) is 12.1 Å². The van der Waals surface area contributed by atoms with Crippen molar-refractivity contribution in [1.29, 1.82) is 0 Å². The van der Waals surface area contributed by atoms with Gasteiger partial charge in [-0.05, 0) is 11.6 Å². The summed E-state index contributed by atoms with van der Waals surface area (Å²) in [6.45, 7) is 0.421. The summed E-state index contributed by atoms with van der Waals surface area (Å²) >= 11 is 0. The fraction of sp³-hybridized carbons (Fsp3) is 0.222. The van der Waals surface area contributed by atoms with Crippen molar-refractivity contribution in [2.24, 2.45) is 16.5 Å². The molecule has 1 rings (SSSR count). The van der Waals surface area contributed by atoms with E-state index in [1.165, 1.54) is 6.34 Å². The van der Waals surface area contributed by atoms with Crippen molar-refractivity contribution in [2.75, 3.05) is 7.11 Å². The maximum Gasteiger partial charge on any atom is 0.144 e. The molecule has 0 amide bonds. The van der Waals surface area contributed by atoms with Crippen LogP contribution in [0.2, 0.25) is 0 Å². The van der Waals surface area contributed by atoms with Crippen LogP contribution in [0.3, 0.4) is 0 Å². The number of ether oxygens (including phenoxy) is 1. The number of nitrogens with two attached hydrogens (primary N) is 2. The van der Waals surface area contributed by atoms with Crippen molar-refractivity contribution in [1.82, 2.24) is 0 Å². The molecule has 0 aliphatic heterocycles. The lowest BCUT2D eigenvalue weighted by Crippen LogP contribution is -1.98. The summed E-state index contributed by atoms with van der Waals surface area (Å²) in [6, 6.07) is 5.59. The Labute approximate surface area is 77.2 Å². The van der Waals surface area contributed by atoms with E-state index in [1.54, 1.807) is 7.11 Å². The molecular weight excluding hydrogens is 166 g/mol. The maximum absolute atomic E-state index is 5.53. The maximum atomic E-state index is 5.53. The van der Waals surface area contributed by atoms with Crippen molar-refractivity contribution >= 4 is 12.0 Å². The molecule has 0 saturated carbocycles. The van der Waals surface area contributed by atoms with Crippen LogP contribution >= 0.6 is 0 Å². The minimum absolute atomic E-state index is 0.421.